The molecule has 2 aliphatic heterocycles. The van der Waals surface area contributed by atoms with Crippen molar-refractivity contribution in [3.63, 3.8) is 0 Å². The van der Waals surface area contributed by atoms with E-state index in [1.165, 1.54) is 0 Å². The highest BCUT2D eigenvalue weighted by atomic mass is 16.4. The molecule has 2 aliphatic rings. The molecular formula is C12H20N4O4. The molecule has 8 nitrogen and oxygen atoms in total. The van der Waals surface area contributed by atoms with Crippen LogP contribution in [-0.2, 0) is 14.4 Å². The average molecular weight is 284 g/mol. The highest BCUT2D eigenvalue weighted by Gasteiger charge is 2.31. The molecule has 2 rings (SSSR count). The van der Waals surface area contributed by atoms with Crippen LogP contribution >= 0.6 is 0 Å². The quantitative estimate of drug-likeness (QED) is 0.538. The topological polar surface area (TPSA) is 102 Å². The second kappa shape index (κ2) is 6.19. The van der Waals surface area contributed by atoms with Crippen molar-refractivity contribution in [2.75, 3.05) is 39.3 Å². The third-order valence-corrected chi connectivity index (χ3v) is 3.84. The summed E-state index contributed by atoms with van der Waals surface area (Å²) in [6.07, 6.45) is 0. The predicted octanol–water partition coefficient (Wildman–Crippen LogP) is -2.31. The molecule has 8 heteroatoms. The Morgan fingerprint density at radius 3 is 2.45 bits per heavy atom. The van der Waals surface area contributed by atoms with Gasteiger partial charge in [0, 0.05) is 32.7 Å². The number of carboxylic acids is 1. The van der Waals surface area contributed by atoms with E-state index in [4.69, 9.17) is 5.11 Å². The van der Waals surface area contributed by atoms with E-state index in [1.54, 1.807) is 11.8 Å². The lowest BCUT2D eigenvalue weighted by atomic mass is 10.1. The summed E-state index contributed by atoms with van der Waals surface area (Å²) in [4.78, 5) is 37.8. The second-order valence-electron chi connectivity index (χ2n) is 5.11. The molecule has 2 amide bonds. The fraction of sp³-hybridized carbons (Fsp3) is 0.750. The minimum atomic E-state index is -0.846. The summed E-state index contributed by atoms with van der Waals surface area (Å²) >= 11 is 0. The van der Waals surface area contributed by atoms with Crippen LogP contribution in [0, 0.1) is 0 Å². The van der Waals surface area contributed by atoms with Gasteiger partial charge in [0.15, 0.2) is 0 Å². The van der Waals surface area contributed by atoms with E-state index < -0.39 is 12.0 Å². The molecular weight excluding hydrogens is 264 g/mol. The maximum absolute atomic E-state index is 12.2. The number of amides is 2. The standard InChI is InChI=1S/C12H20N4O4/c1-8(12(19)20)15-2-4-16(5-3-15)11(18)9-6-14-10(17)7-13-9/h8-9,13H,2-7H2,1H3,(H,14,17)(H,19,20). The number of carboxylic acid groups (broad SMARTS) is 1. The maximum Gasteiger partial charge on any atom is 0.320 e. The van der Waals surface area contributed by atoms with Crippen LogP contribution in [0.4, 0.5) is 0 Å². The summed E-state index contributed by atoms with van der Waals surface area (Å²) in [7, 11) is 0. The van der Waals surface area contributed by atoms with Gasteiger partial charge < -0.3 is 15.3 Å². The number of carbonyl (C=O) groups excluding carboxylic acids is 2. The van der Waals surface area contributed by atoms with E-state index in [-0.39, 0.29) is 24.4 Å². The van der Waals surface area contributed by atoms with Crippen LogP contribution in [0.15, 0.2) is 0 Å². The van der Waals surface area contributed by atoms with Gasteiger partial charge in [0.25, 0.3) is 0 Å². The molecule has 0 radical (unpaired) electrons. The molecule has 0 aromatic rings. The van der Waals surface area contributed by atoms with Crippen LogP contribution in [0.2, 0.25) is 0 Å². The third-order valence-electron chi connectivity index (χ3n) is 3.84. The van der Waals surface area contributed by atoms with E-state index in [0.717, 1.165) is 0 Å². The van der Waals surface area contributed by atoms with Gasteiger partial charge in [0.05, 0.1) is 6.54 Å². The minimum Gasteiger partial charge on any atom is -0.480 e. The first-order chi connectivity index (χ1) is 9.49. The van der Waals surface area contributed by atoms with Crippen LogP contribution in [-0.4, -0.2) is 84.0 Å². The SMILES string of the molecule is CC(C(=O)O)N1CCN(C(=O)C2CNC(=O)CN2)CC1. The number of rotatable bonds is 3. The summed E-state index contributed by atoms with van der Waals surface area (Å²) in [5.74, 6) is -0.983. The largest absolute Gasteiger partial charge is 0.480 e. The molecule has 0 bridgehead atoms. The van der Waals surface area contributed by atoms with Crippen molar-refractivity contribution in [1.29, 1.82) is 0 Å². The minimum absolute atomic E-state index is 0.0346. The van der Waals surface area contributed by atoms with Gasteiger partial charge in [-0.1, -0.05) is 0 Å². The zero-order chi connectivity index (χ0) is 14.7. The summed E-state index contributed by atoms with van der Waals surface area (Å²) in [5.41, 5.74) is 0. The zero-order valence-electron chi connectivity index (χ0n) is 11.5. The van der Waals surface area contributed by atoms with Crippen LogP contribution in [0.25, 0.3) is 0 Å². The van der Waals surface area contributed by atoms with Gasteiger partial charge in [0.1, 0.15) is 12.1 Å². The Balaban J connectivity index is 1.83. The van der Waals surface area contributed by atoms with E-state index in [1.807, 2.05) is 4.90 Å². The van der Waals surface area contributed by atoms with Crippen LogP contribution in [0.5, 0.6) is 0 Å². The van der Waals surface area contributed by atoms with E-state index in [9.17, 15) is 14.4 Å². The van der Waals surface area contributed by atoms with Crippen molar-refractivity contribution in [3.05, 3.63) is 0 Å². The van der Waals surface area contributed by atoms with Crippen molar-refractivity contribution in [1.82, 2.24) is 20.4 Å². The molecule has 2 fully saturated rings. The number of aliphatic carboxylic acids is 1. The predicted molar refractivity (Wildman–Crippen MR) is 70.1 cm³/mol. The number of piperazine rings is 2. The molecule has 0 aliphatic carbocycles. The molecule has 2 atom stereocenters. The van der Waals surface area contributed by atoms with Crippen LogP contribution in [0.3, 0.4) is 0 Å². The van der Waals surface area contributed by atoms with E-state index >= 15 is 0 Å². The van der Waals surface area contributed by atoms with E-state index in [2.05, 4.69) is 10.6 Å². The molecule has 0 spiro atoms. The molecule has 20 heavy (non-hydrogen) atoms. The lowest BCUT2D eigenvalue weighted by Crippen LogP contribution is -2.61. The second-order valence-corrected chi connectivity index (χ2v) is 5.11. The fourth-order valence-corrected chi connectivity index (χ4v) is 2.45. The monoisotopic (exact) mass is 284 g/mol. The molecule has 0 aromatic carbocycles. The van der Waals surface area contributed by atoms with Crippen molar-refractivity contribution in [3.8, 4) is 0 Å². The summed E-state index contributed by atoms with van der Waals surface area (Å²) in [6.45, 7) is 4.26. The lowest BCUT2D eigenvalue weighted by Gasteiger charge is -2.38. The lowest BCUT2D eigenvalue weighted by molar-refractivity contribution is -0.144. The number of hydrogen-bond acceptors (Lipinski definition) is 5. The first-order valence-corrected chi connectivity index (χ1v) is 6.74. The van der Waals surface area contributed by atoms with Gasteiger partial charge in [-0.15, -0.1) is 0 Å². The Morgan fingerprint density at radius 2 is 1.95 bits per heavy atom. The van der Waals surface area contributed by atoms with Gasteiger partial charge in [-0.3, -0.25) is 24.6 Å². The van der Waals surface area contributed by atoms with Crippen LogP contribution in [0.1, 0.15) is 6.92 Å². The van der Waals surface area contributed by atoms with Crippen molar-refractivity contribution >= 4 is 17.8 Å². The highest BCUT2D eigenvalue weighted by molar-refractivity contribution is 5.86. The molecule has 2 unspecified atom stereocenters. The van der Waals surface area contributed by atoms with Gasteiger partial charge >= 0.3 is 5.97 Å². The molecule has 2 saturated heterocycles. The third kappa shape index (κ3) is 3.26. The Morgan fingerprint density at radius 1 is 1.30 bits per heavy atom. The van der Waals surface area contributed by atoms with Gasteiger partial charge in [-0.2, -0.15) is 0 Å². The zero-order valence-corrected chi connectivity index (χ0v) is 11.5. The van der Waals surface area contributed by atoms with Gasteiger partial charge in [-0.05, 0) is 6.92 Å². The average Bonchev–Trinajstić information content (AvgIpc) is 2.46. The molecule has 0 saturated carbocycles. The molecule has 2 heterocycles. The van der Waals surface area contributed by atoms with E-state index in [0.29, 0.717) is 32.7 Å². The number of hydrogen-bond donors (Lipinski definition) is 3. The summed E-state index contributed by atoms with van der Waals surface area (Å²) < 4.78 is 0. The number of nitrogens with zero attached hydrogens (tertiary/aromatic N) is 2. The van der Waals surface area contributed by atoms with Crippen molar-refractivity contribution in [2.45, 2.75) is 19.0 Å². The Hall–Kier alpha value is -1.67. The molecule has 112 valence electrons. The summed E-state index contributed by atoms with van der Waals surface area (Å²) in [5, 5.41) is 14.5. The molecule has 0 aromatic heterocycles. The number of nitrogens with one attached hydrogen (secondary N) is 2. The smallest absolute Gasteiger partial charge is 0.320 e. The van der Waals surface area contributed by atoms with Gasteiger partial charge in [-0.25, -0.2) is 0 Å². The fourth-order valence-electron chi connectivity index (χ4n) is 2.45. The number of carbonyl (C=O) groups is 3. The Kier molecular flexibility index (Phi) is 4.56. The highest BCUT2D eigenvalue weighted by Crippen LogP contribution is 2.08. The first-order valence-electron chi connectivity index (χ1n) is 6.74. The normalized spacial score (nSPS) is 25.9. The van der Waals surface area contributed by atoms with Crippen molar-refractivity contribution < 1.29 is 19.5 Å². The Bertz CT molecular complexity index is 396. The Labute approximate surface area is 117 Å². The van der Waals surface area contributed by atoms with Gasteiger partial charge in [0.2, 0.25) is 11.8 Å². The van der Waals surface area contributed by atoms with Crippen LogP contribution < -0.4 is 10.6 Å². The summed E-state index contributed by atoms with van der Waals surface area (Å²) in [6, 6.07) is -0.907. The maximum atomic E-state index is 12.2. The first kappa shape index (κ1) is 14.7. The molecule has 3 N–H and O–H groups in total. The van der Waals surface area contributed by atoms with Crippen molar-refractivity contribution in [2.24, 2.45) is 0 Å².